The second kappa shape index (κ2) is 7.71. The monoisotopic (exact) mass is 345 g/mol. The van der Waals surface area contributed by atoms with E-state index in [0.29, 0.717) is 11.7 Å². The van der Waals surface area contributed by atoms with Crippen LogP contribution in [0.15, 0.2) is 35.0 Å². The van der Waals surface area contributed by atoms with Gasteiger partial charge in [0, 0.05) is 5.38 Å². The number of benzene rings is 1. The lowest BCUT2D eigenvalue weighted by Gasteiger charge is -2.19. The Hall–Kier alpha value is -2.01. The second-order valence-corrected chi connectivity index (χ2v) is 6.92. The maximum absolute atomic E-state index is 12.2. The number of nitrogens with one attached hydrogen (secondary N) is 1. The molecule has 3 rings (SSSR count). The number of carbonyl (C=O) groups is 1. The van der Waals surface area contributed by atoms with Crippen molar-refractivity contribution in [3.8, 4) is 11.5 Å². The van der Waals surface area contributed by atoms with E-state index in [1.165, 1.54) is 24.2 Å². The number of carbonyl (C=O) groups excluding carboxylic acids is 1. The molecule has 0 bridgehead atoms. The van der Waals surface area contributed by atoms with Gasteiger partial charge in [-0.3, -0.25) is 4.79 Å². The summed E-state index contributed by atoms with van der Waals surface area (Å²) in [4.78, 5) is 12.2. The number of methoxy groups -OCH3 is 1. The van der Waals surface area contributed by atoms with Crippen molar-refractivity contribution in [2.75, 3.05) is 7.11 Å². The molecular formula is C19H23NO3S. The van der Waals surface area contributed by atoms with Gasteiger partial charge in [-0.1, -0.05) is 6.07 Å². The van der Waals surface area contributed by atoms with E-state index in [0.717, 1.165) is 29.9 Å². The van der Waals surface area contributed by atoms with Gasteiger partial charge in [-0.15, -0.1) is 0 Å². The number of hydrogen-bond acceptors (Lipinski definition) is 4. The molecule has 0 radical (unpaired) electrons. The summed E-state index contributed by atoms with van der Waals surface area (Å²) in [5.74, 6) is 1.44. The van der Waals surface area contributed by atoms with Crippen LogP contribution < -0.4 is 14.8 Å². The van der Waals surface area contributed by atoms with Gasteiger partial charge in [-0.2, -0.15) is 11.3 Å². The van der Waals surface area contributed by atoms with Crippen molar-refractivity contribution in [2.24, 2.45) is 0 Å². The van der Waals surface area contributed by atoms with Crippen molar-refractivity contribution >= 4 is 17.2 Å². The highest BCUT2D eigenvalue weighted by molar-refractivity contribution is 7.08. The predicted molar refractivity (Wildman–Crippen MR) is 96.1 cm³/mol. The first-order valence-corrected chi connectivity index (χ1v) is 9.29. The number of ether oxygens (including phenoxy) is 2. The fourth-order valence-corrected chi connectivity index (χ4v) is 3.63. The molecule has 0 saturated heterocycles. The summed E-state index contributed by atoms with van der Waals surface area (Å²) in [6.45, 7) is 1.97. The quantitative estimate of drug-likeness (QED) is 0.834. The Morgan fingerprint density at radius 3 is 2.71 bits per heavy atom. The molecule has 1 amide bonds. The summed E-state index contributed by atoms with van der Waals surface area (Å²) in [6.07, 6.45) is 4.98. The van der Waals surface area contributed by atoms with Crippen LogP contribution in [0.25, 0.3) is 0 Å². The van der Waals surface area contributed by atoms with E-state index in [-0.39, 0.29) is 11.9 Å². The van der Waals surface area contributed by atoms with E-state index in [2.05, 4.69) is 5.32 Å². The Morgan fingerprint density at radius 2 is 2.04 bits per heavy atom. The lowest BCUT2D eigenvalue weighted by atomic mass is 10.1. The van der Waals surface area contributed by atoms with Crippen LogP contribution in [0.4, 0.5) is 0 Å². The molecule has 1 fully saturated rings. The highest BCUT2D eigenvalue weighted by Gasteiger charge is 2.19. The molecule has 1 heterocycles. The van der Waals surface area contributed by atoms with Gasteiger partial charge in [-0.05, 0) is 61.7 Å². The summed E-state index contributed by atoms with van der Waals surface area (Å²) < 4.78 is 11.5. The smallest absolute Gasteiger partial charge is 0.252 e. The standard InChI is InChI=1S/C19H23NO3S/c1-13(20-19(21)15-9-10-24-12-15)14-7-8-17(18(11-14)22-2)23-16-5-3-4-6-16/h7-13,16H,3-6H2,1-2H3,(H,20,21). The molecule has 1 aromatic heterocycles. The van der Waals surface area contributed by atoms with Gasteiger partial charge in [0.25, 0.3) is 5.91 Å². The molecule has 1 saturated carbocycles. The minimum Gasteiger partial charge on any atom is -0.493 e. The van der Waals surface area contributed by atoms with Crippen LogP contribution in [-0.2, 0) is 0 Å². The molecule has 0 spiro atoms. The highest BCUT2D eigenvalue weighted by atomic mass is 32.1. The number of rotatable bonds is 6. The normalized spacial score (nSPS) is 15.9. The predicted octanol–water partition coefficient (Wildman–Crippen LogP) is 4.57. The maximum Gasteiger partial charge on any atom is 0.252 e. The van der Waals surface area contributed by atoms with Crippen molar-refractivity contribution < 1.29 is 14.3 Å². The van der Waals surface area contributed by atoms with Gasteiger partial charge in [0.05, 0.1) is 24.8 Å². The van der Waals surface area contributed by atoms with Gasteiger partial charge in [0.2, 0.25) is 0 Å². The number of thiophene rings is 1. The minimum absolute atomic E-state index is 0.0611. The van der Waals surface area contributed by atoms with Crippen molar-refractivity contribution in [2.45, 2.75) is 44.8 Å². The van der Waals surface area contributed by atoms with Crippen LogP contribution in [0.3, 0.4) is 0 Å². The summed E-state index contributed by atoms with van der Waals surface area (Å²) >= 11 is 1.52. The summed E-state index contributed by atoms with van der Waals surface area (Å²) in [5.41, 5.74) is 1.69. The Balaban J connectivity index is 1.69. The first-order chi connectivity index (χ1) is 11.7. The fourth-order valence-electron chi connectivity index (χ4n) is 2.99. The second-order valence-electron chi connectivity index (χ2n) is 6.14. The molecule has 128 valence electrons. The van der Waals surface area contributed by atoms with Gasteiger partial charge in [0.15, 0.2) is 11.5 Å². The van der Waals surface area contributed by atoms with Gasteiger partial charge in [-0.25, -0.2) is 0 Å². The van der Waals surface area contributed by atoms with Crippen molar-refractivity contribution in [1.82, 2.24) is 5.32 Å². The molecule has 1 aromatic carbocycles. The molecule has 1 unspecified atom stereocenters. The summed E-state index contributed by atoms with van der Waals surface area (Å²) in [7, 11) is 1.65. The van der Waals surface area contributed by atoms with E-state index in [1.54, 1.807) is 7.11 Å². The third kappa shape index (κ3) is 3.90. The zero-order chi connectivity index (χ0) is 16.9. The first kappa shape index (κ1) is 16.8. The van der Waals surface area contributed by atoms with E-state index in [4.69, 9.17) is 9.47 Å². The van der Waals surface area contributed by atoms with Crippen LogP contribution in [-0.4, -0.2) is 19.1 Å². The molecule has 24 heavy (non-hydrogen) atoms. The van der Waals surface area contributed by atoms with Gasteiger partial charge in [0.1, 0.15) is 0 Å². The number of hydrogen-bond donors (Lipinski definition) is 1. The van der Waals surface area contributed by atoms with Gasteiger partial charge >= 0.3 is 0 Å². The molecular weight excluding hydrogens is 322 g/mol. The Labute approximate surface area is 146 Å². The average Bonchev–Trinajstić information content (AvgIpc) is 3.28. The summed E-state index contributed by atoms with van der Waals surface area (Å²) in [6, 6.07) is 7.60. The molecule has 0 aliphatic heterocycles. The lowest BCUT2D eigenvalue weighted by molar-refractivity contribution is 0.0940. The molecule has 1 atom stereocenters. The van der Waals surface area contributed by atoms with Crippen molar-refractivity contribution in [3.05, 3.63) is 46.2 Å². The van der Waals surface area contributed by atoms with Crippen molar-refractivity contribution in [1.29, 1.82) is 0 Å². The van der Waals surface area contributed by atoms with E-state index < -0.39 is 0 Å². The zero-order valence-electron chi connectivity index (χ0n) is 14.1. The molecule has 5 heteroatoms. The Bertz CT molecular complexity index is 678. The largest absolute Gasteiger partial charge is 0.493 e. The lowest BCUT2D eigenvalue weighted by Crippen LogP contribution is -2.26. The summed E-state index contributed by atoms with van der Waals surface area (Å²) in [5, 5.41) is 6.76. The van der Waals surface area contributed by atoms with Crippen LogP contribution in [0.2, 0.25) is 0 Å². The van der Waals surface area contributed by atoms with Crippen LogP contribution >= 0.6 is 11.3 Å². The molecule has 1 aliphatic rings. The molecule has 2 aromatic rings. The van der Waals surface area contributed by atoms with E-state index in [9.17, 15) is 4.79 Å². The average molecular weight is 345 g/mol. The zero-order valence-corrected chi connectivity index (χ0v) is 14.9. The third-order valence-electron chi connectivity index (χ3n) is 4.41. The SMILES string of the molecule is COc1cc(C(C)NC(=O)c2ccsc2)ccc1OC1CCCC1. The van der Waals surface area contributed by atoms with Crippen LogP contribution in [0.5, 0.6) is 11.5 Å². The van der Waals surface area contributed by atoms with Crippen molar-refractivity contribution in [3.63, 3.8) is 0 Å². The van der Waals surface area contributed by atoms with E-state index >= 15 is 0 Å². The van der Waals surface area contributed by atoms with Crippen LogP contribution in [0.1, 0.15) is 54.6 Å². The third-order valence-corrected chi connectivity index (χ3v) is 5.10. The maximum atomic E-state index is 12.2. The topological polar surface area (TPSA) is 47.6 Å². The first-order valence-electron chi connectivity index (χ1n) is 8.35. The Morgan fingerprint density at radius 1 is 1.25 bits per heavy atom. The highest BCUT2D eigenvalue weighted by Crippen LogP contribution is 2.33. The fraction of sp³-hybridized carbons (Fsp3) is 0.421. The van der Waals surface area contributed by atoms with E-state index in [1.807, 2.05) is 41.9 Å². The van der Waals surface area contributed by atoms with Gasteiger partial charge < -0.3 is 14.8 Å². The van der Waals surface area contributed by atoms with Crippen LogP contribution in [0, 0.1) is 0 Å². The molecule has 4 nitrogen and oxygen atoms in total. The molecule has 1 aliphatic carbocycles. The number of amides is 1. The minimum atomic E-state index is -0.105. The Kier molecular flexibility index (Phi) is 5.41. The molecule has 1 N–H and O–H groups in total.